The number of rotatable bonds is 6. The lowest BCUT2D eigenvalue weighted by Crippen LogP contribution is -2.26. The number of hydrogen-bond donors (Lipinski definition) is 0. The van der Waals surface area contributed by atoms with Crippen LogP contribution in [0, 0.1) is 0 Å². The first-order valence-electron chi connectivity index (χ1n) is 8.84. The number of carbonyl (C=O) groups is 1. The van der Waals surface area contributed by atoms with Crippen LogP contribution in [-0.4, -0.2) is 23.7 Å². The van der Waals surface area contributed by atoms with E-state index in [2.05, 4.69) is 4.98 Å². The third-order valence-electron chi connectivity index (χ3n) is 4.00. The highest BCUT2D eigenvalue weighted by Gasteiger charge is 2.30. The van der Waals surface area contributed by atoms with Crippen molar-refractivity contribution in [3.05, 3.63) is 60.3 Å². The molecule has 2 aromatic carbocycles. The zero-order valence-corrected chi connectivity index (χ0v) is 15.7. The first kappa shape index (κ1) is 20.4. The number of fused-ring (bicyclic) bond motifs is 1. The summed E-state index contributed by atoms with van der Waals surface area (Å²) in [7, 11) is 0. The molecule has 1 unspecified atom stereocenters. The van der Waals surface area contributed by atoms with Gasteiger partial charge in [-0.25, -0.2) is 9.78 Å². The minimum atomic E-state index is -4.45. The van der Waals surface area contributed by atoms with Crippen molar-refractivity contribution in [1.82, 2.24) is 4.98 Å². The van der Waals surface area contributed by atoms with Crippen LogP contribution in [0.4, 0.5) is 13.2 Å². The lowest BCUT2D eigenvalue weighted by molar-refractivity contribution is -0.150. The summed E-state index contributed by atoms with van der Waals surface area (Å²) in [6, 6.07) is 12.5. The monoisotopic (exact) mass is 405 g/mol. The molecule has 0 saturated heterocycles. The van der Waals surface area contributed by atoms with E-state index in [1.165, 1.54) is 0 Å². The van der Waals surface area contributed by atoms with E-state index in [0.29, 0.717) is 11.5 Å². The second-order valence-electron chi connectivity index (χ2n) is 6.17. The van der Waals surface area contributed by atoms with E-state index < -0.39 is 23.8 Å². The first-order chi connectivity index (χ1) is 13.8. The molecule has 0 bridgehead atoms. The van der Waals surface area contributed by atoms with Crippen molar-refractivity contribution in [2.75, 3.05) is 6.61 Å². The van der Waals surface area contributed by atoms with Crippen LogP contribution >= 0.6 is 0 Å². The zero-order chi connectivity index (χ0) is 21.0. The highest BCUT2D eigenvalue weighted by molar-refractivity contribution is 5.85. The maximum Gasteiger partial charge on any atom is 0.417 e. The fourth-order valence-electron chi connectivity index (χ4n) is 2.58. The molecule has 0 aliphatic carbocycles. The van der Waals surface area contributed by atoms with Crippen LogP contribution in [0.2, 0.25) is 0 Å². The van der Waals surface area contributed by atoms with Gasteiger partial charge in [0.05, 0.1) is 12.2 Å². The summed E-state index contributed by atoms with van der Waals surface area (Å²) in [5.41, 5.74) is -0.846. The molecule has 1 aromatic heterocycles. The largest absolute Gasteiger partial charge is 0.479 e. The number of carbonyl (C=O) groups excluding carboxylic acids is 1. The van der Waals surface area contributed by atoms with E-state index in [-0.39, 0.29) is 12.5 Å². The minimum Gasteiger partial charge on any atom is -0.479 e. The number of alkyl halides is 3. The fraction of sp³-hybridized carbons (Fsp3) is 0.238. The Kier molecular flexibility index (Phi) is 5.91. The molecule has 5 nitrogen and oxygen atoms in total. The van der Waals surface area contributed by atoms with Crippen LogP contribution in [0.5, 0.6) is 17.4 Å². The highest BCUT2D eigenvalue weighted by Crippen LogP contribution is 2.31. The molecule has 0 N–H and O–H groups in total. The SMILES string of the molecule is CCOC(=O)C(C)Oc1ccc2ccc(Oc3ccc(C(F)(F)F)cn3)cc2c1. The number of halogens is 3. The molecule has 0 amide bonds. The van der Waals surface area contributed by atoms with Gasteiger partial charge in [-0.3, -0.25) is 0 Å². The second-order valence-corrected chi connectivity index (χ2v) is 6.17. The molecule has 0 fully saturated rings. The van der Waals surface area contributed by atoms with Crippen molar-refractivity contribution in [2.45, 2.75) is 26.1 Å². The van der Waals surface area contributed by atoms with Gasteiger partial charge in [-0.05, 0) is 55.0 Å². The van der Waals surface area contributed by atoms with Crippen LogP contribution in [0.15, 0.2) is 54.7 Å². The van der Waals surface area contributed by atoms with Gasteiger partial charge in [0.15, 0.2) is 6.10 Å². The van der Waals surface area contributed by atoms with Crippen molar-refractivity contribution in [2.24, 2.45) is 0 Å². The maximum absolute atomic E-state index is 12.6. The Labute approximate surface area is 165 Å². The molecule has 0 spiro atoms. The van der Waals surface area contributed by atoms with E-state index in [4.69, 9.17) is 14.2 Å². The summed E-state index contributed by atoms with van der Waals surface area (Å²) in [5.74, 6) is 0.460. The maximum atomic E-state index is 12.6. The van der Waals surface area contributed by atoms with E-state index >= 15 is 0 Å². The number of pyridine rings is 1. The third-order valence-corrected chi connectivity index (χ3v) is 4.00. The Morgan fingerprint density at radius 2 is 1.72 bits per heavy atom. The van der Waals surface area contributed by atoms with Gasteiger partial charge in [-0.2, -0.15) is 13.2 Å². The van der Waals surface area contributed by atoms with Gasteiger partial charge < -0.3 is 14.2 Å². The van der Waals surface area contributed by atoms with Crippen LogP contribution in [0.25, 0.3) is 10.8 Å². The van der Waals surface area contributed by atoms with Gasteiger partial charge in [0.25, 0.3) is 0 Å². The predicted octanol–water partition coefficient (Wildman–Crippen LogP) is 5.38. The number of hydrogen-bond acceptors (Lipinski definition) is 5. The van der Waals surface area contributed by atoms with Crippen LogP contribution in [0.1, 0.15) is 19.4 Å². The third kappa shape index (κ3) is 5.16. The molecule has 1 heterocycles. The molecule has 3 rings (SSSR count). The molecular formula is C21H18F3NO4. The Hall–Kier alpha value is -3.29. The Balaban J connectivity index is 1.77. The van der Waals surface area contributed by atoms with Gasteiger partial charge >= 0.3 is 12.1 Å². The Morgan fingerprint density at radius 1 is 1.03 bits per heavy atom. The van der Waals surface area contributed by atoms with Crippen molar-refractivity contribution >= 4 is 16.7 Å². The fourth-order valence-corrected chi connectivity index (χ4v) is 2.58. The lowest BCUT2D eigenvalue weighted by Gasteiger charge is -2.14. The second kappa shape index (κ2) is 8.38. The van der Waals surface area contributed by atoms with Gasteiger partial charge in [0.2, 0.25) is 5.88 Å². The molecule has 0 radical (unpaired) electrons. The summed E-state index contributed by atoms with van der Waals surface area (Å²) < 4.78 is 53.9. The average Bonchev–Trinajstić information content (AvgIpc) is 2.67. The number of esters is 1. The molecule has 29 heavy (non-hydrogen) atoms. The van der Waals surface area contributed by atoms with Crippen molar-refractivity contribution in [1.29, 1.82) is 0 Å². The van der Waals surface area contributed by atoms with Gasteiger partial charge in [0, 0.05) is 12.3 Å². The van der Waals surface area contributed by atoms with Gasteiger partial charge in [-0.15, -0.1) is 0 Å². The van der Waals surface area contributed by atoms with Crippen molar-refractivity contribution < 1.29 is 32.2 Å². The average molecular weight is 405 g/mol. The number of ether oxygens (including phenoxy) is 3. The van der Waals surface area contributed by atoms with Crippen LogP contribution in [-0.2, 0) is 15.7 Å². The van der Waals surface area contributed by atoms with Crippen LogP contribution in [0.3, 0.4) is 0 Å². The van der Waals surface area contributed by atoms with Gasteiger partial charge in [0.1, 0.15) is 11.5 Å². The van der Waals surface area contributed by atoms with Crippen molar-refractivity contribution in [3.8, 4) is 17.4 Å². The minimum absolute atomic E-state index is 0.0423. The van der Waals surface area contributed by atoms with E-state index in [0.717, 1.165) is 29.1 Å². The molecule has 0 aliphatic heterocycles. The molecule has 152 valence electrons. The number of aromatic nitrogens is 1. The summed E-state index contributed by atoms with van der Waals surface area (Å²) in [6.07, 6.45) is -4.49. The predicted molar refractivity (Wildman–Crippen MR) is 100.0 cm³/mol. The topological polar surface area (TPSA) is 57.7 Å². The van der Waals surface area contributed by atoms with E-state index in [1.54, 1.807) is 44.2 Å². The molecule has 0 aliphatic rings. The Bertz CT molecular complexity index is 1000. The number of nitrogens with zero attached hydrogens (tertiary/aromatic N) is 1. The molecule has 0 saturated carbocycles. The number of benzene rings is 2. The quantitative estimate of drug-likeness (QED) is 0.516. The summed E-state index contributed by atoms with van der Waals surface area (Å²) in [5, 5.41) is 1.66. The van der Waals surface area contributed by atoms with E-state index in [9.17, 15) is 18.0 Å². The zero-order valence-electron chi connectivity index (χ0n) is 15.7. The highest BCUT2D eigenvalue weighted by atomic mass is 19.4. The Morgan fingerprint density at radius 3 is 2.34 bits per heavy atom. The lowest BCUT2D eigenvalue weighted by atomic mass is 10.1. The normalized spacial score (nSPS) is 12.4. The standard InChI is InChI=1S/C21H18F3NO4/c1-3-27-20(26)13(2)28-17-7-4-14-5-8-18(11-15(14)10-17)29-19-9-6-16(12-25-19)21(22,23)24/h4-13H,3H2,1-2H3. The van der Waals surface area contributed by atoms with E-state index in [1.807, 2.05) is 6.07 Å². The van der Waals surface area contributed by atoms with Gasteiger partial charge in [-0.1, -0.05) is 12.1 Å². The summed E-state index contributed by atoms with van der Waals surface area (Å²) in [6.45, 7) is 3.58. The molecular weight excluding hydrogens is 387 g/mol. The smallest absolute Gasteiger partial charge is 0.417 e. The van der Waals surface area contributed by atoms with Crippen molar-refractivity contribution in [3.63, 3.8) is 0 Å². The molecule has 1 atom stereocenters. The molecule has 8 heteroatoms. The first-order valence-corrected chi connectivity index (χ1v) is 8.84. The van der Waals surface area contributed by atoms with Crippen LogP contribution < -0.4 is 9.47 Å². The summed E-state index contributed by atoms with van der Waals surface area (Å²) >= 11 is 0. The molecule has 3 aromatic rings. The summed E-state index contributed by atoms with van der Waals surface area (Å²) in [4.78, 5) is 15.4.